The maximum absolute atomic E-state index is 15.7. The molecular weight excluding hydrogens is 422 g/mol. The molecule has 0 aromatic heterocycles. The van der Waals surface area contributed by atoms with Crippen LogP contribution >= 0.6 is 0 Å². The second kappa shape index (κ2) is 7.45. The van der Waals surface area contributed by atoms with Crippen LogP contribution in [0.15, 0.2) is 24.3 Å². The van der Waals surface area contributed by atoms with Crippen LogP contribution in [0.3, 0.4) is 0 Å². The van der Waals surface area contributed by atoms with Gasteiger partial charge in [0.2, 0.25) is 11.6 Å². The highest BCUT2D eigenvalue weighted by Crippen LogP contribution is 2.61. The van der Waals surface area contributed by atoms with E-state index in [1.807, 2.05) is 0 Å². The van der Waals surface area contributed by atoms with Crippen molar-refractivity contribution in [2.45, 2.75) is 76.2 Å². The Balaban J connectivity index is 1.50. The maximum Gasteiger partial charge on any atom is 0.335 e. The minimum absolute atomic E-state index is 0.0740. The topological polar surface area (TPSA) is 63.2 Å². The number of hydrogen-bond donors (Lipinski definition) is 0. The average Bonchev–Trinajstić information content (AvgIpc) is 3.01. The van der Waals surface area contributed by atoms with E-state index in [1.54, 1.807) is 13.8 Å². The number of benzene rings is 1. The van der Waals surface area contributed by atoms with Crippen LogP contribution < -0.4 is 4.74 Å². The van der Waals surface area contributed by atoms with E-state index in [4.69, 9.17) is 24.0 Å². The average molecular weight is 452 g/mol. The fourth-order valence-electron chi connectivity index (χ4n) is 6.38. The second-order valence-electron chi connectivity index (χ2n) is 10.0. The first-order valence-electron chi connectivity index (χ1n) is 11.4. The minimum atomic E-state index is -3.73. The normalized spacial score (nSPS) is 43.3. The molecule has 2 bridgehead atoms. The molecule has 0 N–H and O–H groups in total. The number of carbonyl (C=O) groups is 1. The van der Waals surface area contributed by atoms with Gasteiger partial charge in [-0.1, -0.05) is 13.8 Å². The Hall–Kier alpha value is -1.61. The van der Waals surface area contributed by atoms with Crippen LogP contribution in [0.25, 0.3) is 0 Å². The van der Waals surface area contributed by atoms with Crippen LogP contribution in [0.5, 0.6) is 5.75 Å². The van der Waals surface area contributed by atoms with E-state index >= 15 is 8.78 Å². The van der Waals surface area contributed by atoms with Crippen molar-refractivity contribution in [1.82, 2.24) is 0 Å². The molecule has 6 rings (SSSR count). The number of fused-ring (bicyclic) bond motifs is 2. The van der Waals surface area contributed by atoms with E-state index in [1.165, 1.54) is 31.4 Å². The molecule has 1 aliphatic carbocycles. The molecule has 176 valence electrons. The second-order valence-corrected chi connectivity index (χ2v) is 10.0. The van der Waals surface area contributed by atoms with Gasteiger partial charge in [0.1, 0.15) is 11.9 Å². The molecule has 1 saturated carbocycles. The maximum atomic E-state index is 15.7. The van der Waals surface area contributed by atoms with E-state index < -0.39 is 41.4 Å². The lowest BCUT2D eigenvalue weighted by atomic mass is 9.57. The van der Waals surface area contributed by atoms with Crippen molar-refractivity contribution in [3.63, 3.8) is 0 Å². The summed E-state index contributed by atoms with van der Waals surface area (Å²) in [5, 5.41) is 0. The third-order valence-electron chi connectivity index (χ3n) is 8.17. The van der Waals surface area contributed by atoms with E-state index in [-0.39, 0.29) is 17.4 Å². The van der Waals surface area contributed by atoms with Crippen LogP contribution in [-0.4, -0.2) is 42.6 Å². The predicted molar refractivity (Wildman–Crippen MR) is 109 cm³/mol. The van der Waals surface area contributed by atoms with Crippen molar-refractivity contribution in [3.05, 3.63) is 29.8 Å². The fourth-order valence-corrected chi connectivity index (χ4v) is 6.38. The first-order chi connectivity index (χ1) is 15.1. The summed E-state index contributed by atoms with van der Waals surface area (Å²) in [6.07, 6.45) is 0.351. The third kappa shape index (κ3) is 3.06. The summed E-state index contributed by atoms with van der Waals surface area (Å²) in [6, 6.07) is 5.70. The van der Waals surface area contributed by atoms with Gasteiger partial charge in [0.25, 0.3) is 0 Å². The molecule has 32 heavy (non-hydrogen) atoms. The Kier molecular flexibility index (Phi) is 5.17. The number of methoxy groups -OCH3 is 1. The zero-order valence-corrected chi connectivity index (χ0v) is 18.8. The fraction of sp³-hybridized carbons (Fsp3) is 0.708. The molecule has 1 aromatic rings. The van der Waals surface area contributed by atoms with Crippen molar-refractivity contribution in [3.8, 4) is 5.75 Å². The molecule has 1 spiro atoms. The minimum Gasteiger partial charge on any atom is -0.497 e. The monoisotopic (exact) mass is 452 g/mol. The van der Waals surface area contributed by atoms with Gasteiger partial charge in [0, 0.05) is 17.9 Å². The Morgan fingerprint density at radius 1 is 1.09 bits per heavy atom. The molecule has 0 amide bonds. The molecule has 8 heteroatoms. The Bertz CT molecular complexity index is 891. The van der Waals surface area contributed by atoms with Gasteiger partial charge in [0.15, 0.2) is 11.9 Å². The summed E-state index contributed by atoms with van der Waals surface area (Å²) in [7, 11) is 1.48. The Labute approximate surface area is 186 Å². The molecule has 8 atom stereocenters. The zero-order valence-electron chi connectivity index (χ0n) is 18.8. The quantitative estimate of drug-likeness (QED) is 0.485. The third-order valence-corrected chi connectivity index (χ3v) is 8.17. The lowest BCUT2D eigenvalue weighted by Gasteiger charge is -2.60. The molecular formula is C24H30F2O6. The highest BCUT2D eigenvalue weighted by molar-refractivity contribution is 6.01. The van der Waals surface area contributed by atoms with Gasteiger partial charge in [0.05, 0.1) is 7.11 Å². The summed E-state index contributed by atoms with van der Waals surface area (Å²) in [5.74, 6) is -6.07. The van der Waals surface area contributed by atoms with Gasteiger partial charge < -0.3 is 14.2 Å². The summed E-state index contributed by atoms with van der Waals surface area (Å²) >= 11 is 0. The number of ether oxygens (including phenoxy) is 3. The predicted octanol–water partition coefficient (Wildman–Crippen LogP) is 4.76. The summed E-state index contributed by atoms with van der Waals surface area (Å²) < 4.78 is 48.6. The lowest BCUT2D eigenvalue weighted by Crippen LogP contribution is -2.72. The molecule has 5 fully saturated rings. The molecule has 5 aliphatic rings. The van der Waals surface area contributed by atoms with Crippen molar-refractivity contribution < 1.29 is 37.6 Å². The Morgan fingerprint density at radius 3 is 2.50 bits per heavy atom. The molecule has 4 heterocycles. The molecule has 0 radical (unpaired) electrons. The van der Waals surface area contributed by atoms with Gasteiger partial charge in [-0.15, -0.1) is 0 Å². The van der Waals surface area contributed by atoms with Gasteiger partial charge in [-0.2, -0.15) is 8.78 Å². The largest absolute Gasteiger partial charge is 0.497 e. The van der Waals surface area contributed by atoms with Crippen molar-refractivity contribution in [2.24, 2.45) is 23.7 Å². The summed E-state index contributed by atoms with van der Waals surface area (Å²) in [5.41, 5.74) is -1.03. The van der Waals surface area contributed by atoms with Crippen LogP contribution in [0.2, 0.25) is 0 Å². The number of alkyl halides is 2. The SMILES string of the molecule is COc1ccc(C(=O)C(F)(F)[C@@H]2O[C@@H]3O[C@@]4(C)CC[C@H]5[C@H](C)CC[C@@H]([C@H]2C)[C@@]35OO4)cc1. The van der Waals surface area contributed by atoms with E-state index in [2.05, 4.69) is 6.92 Å². The van der Waals surface area contributed by atoms with Crippen LogP contribution in [-0.2, 0) is 19.2 Å². The standard InChI is InChI=1S/C24H30F2O6/c1-13-5-10-18-14(2)20(24(25,26)19(27)15-6-8-16(28-4)9-7-15)29-21-23(18)17(13)11-12-22(3,30-21)31-32-23/h6-9,13-14,17-18,20-21H,5,10-12H2,1-4H3/t13-,14-,17+,18+,20-,21-,22-,23-/m1/s1. The highest BCUT2D eigenvalue weighted by atomic mass is 19.3. The zero-order chi connectivity index (χ0) is 22.9. The summed E-state index contributed by atoms with van der Waals surface area (Å²) in [4.78, 5) is 24.6. The van der Waals surface area contributed by atoms with Gasteiger partial charge in [-0.25, -0.2) is 9.78 Å². The Morgan fingerprint density at radius 2 is 1.81 bits per heavy atom. The van der Waals surface area contributed by atoms with Crippen LogP contribution in [0.1, 0.15) is 56.8 Å². The molecule has 6 nitrogen and oxygen atoms in total. The van der Waals surface area contributed by atoms with Crippen LogP contribution in [0.4, 0.5) is 8.78 Å². The number of carbonyl (C=O) groups excluding carboxylic acids is 1. The van der Waals surface area contributed by atoms with E-state index in [0.717, 1.165) is 12.8 Å². The van der Waals surface area contributed by atoms with Gasteiger partial charge in [-0.3, -0.25) is 4.79 Å². The van der Waals surface area contributed by atoms with Crippen LogP contribution in [0, 0.1) is 23.7 Å². The molecule has 4 aliphatic heterocycles. The van der Waals surface area contributed by atoms with E-state index in [9.17, 15) is 4.79 Å². The number of Topliss-reactive ketones (excluding diaryl/α,β-unsaturated/α-hetero) is 1. The smallest absolute Gasteiger partial charge is 0.335 e. The summed E-state index contributed by atoms with van der Waals surface area (Å²) in [6.45, 7) is 5.63. The van der Waals surface area contributed by atoms with E-state index in [0.29, 0.717) is 24.5 Å². The highest BCUT2D eigenvalue weighted by Gasteiger charge is 2.72. The lowest BCUT2D eigenvalue weighted by molar-refractivity contribution is -0.573. The van der Waals surface area contributed by atoms with Crippen molar-refractivity contribution in [1.29, 1.82) is 0 Å². The molecule has 1 aromatic carbocycles. The van der Waals surface area contributed by atoms with Gasteiger partial charge in [-0.05, 0) is 68.2 Å². The number of halogens is 2. The van der Waals surface area contributed by atoms with Crippen molar-refractivity contribution >= 4 is 5.78 Å². The number of rotatable bonds is 4. The number of ketones is 1. The van der Waals surface area contributed by atoms with Crippen molar-refractivity contribution in [2.75, 3.05) is 7.11 Å². The number of hydrogen-bond acceptors (Lipinski definition) is 6. The molecule has 4 saturated heterocycles. The molecule has 0 unspecified atom stereocenters. The first-order valence-corrected chi connectivity index (χ1v) is 11.4. The first kappa shape index (κ1) is 22.2. The van der Waals surface area contributed by atoms with Gasteiger partial charge >= 0.3 is 5.92 Å².